The average Bonchev–Trinajstić information content (AvgIpc) is 2.31. The minimum atomic E-state index is -0.247. The molecule has 0 N–H and O–H groups in total. The molecule has 0 atom stereocenters. The van der Waals surface area contributed by atoms with Crippen molar-refractivity contribution in [3.05, 3.63) is 29.6 Å². The molecule has 0 bridgehead atoms. The molecule has 0 spiro atoms. The minimum Gasteiger partial charge on any atom is -0.211 e. The molecule has 1 fully saturated rings. The number of aliphatic imine (C=N–C) groups is 1. The van der Waals surface area contributed by atoms with Gasteiger partial charge in [-0.2, -0.15) is 4.99 Å². The first-order valence-corrected chi connectivity index (χ1v) is 5.68. The molecule has 0 aliphatic heterocycles. The van der Waals surface area contributed by atoms with Crippen LogP contribution in [0.3, 0.4) is 0 Å². The molecule has 3 heteroatoms. The van der Waals surface area contributed by atoms with E-state index in [1.807, 2.05) is 0 Å². The van der Waals surface area contributed by atoms with E-state index in [0.29, 0.717) is 11.6 Å². The summed E-state index contributed by atoms with van der Waals surface area (Å²) in [7, 11) is 0. The van der Waals surface area contributed by atoms with Gasteiger partial charge in [-0.3, -0.25) is 0 Å². The van der Waals surface area contributed by atoms with Gasteiger partial charge in [0.2, 0.25) is 6.08 Å². The maximum Gasteiger partial charge on any atom is 0.240 e. The molecule has 1 saturated carbocycles. The smallest absolute Gasteiger partial charge is 0.211 e. The van der Waals surface area contributed by atoms with Crippen LogP contribution in [0.2, 0.25) is 0 Å². The normalized spacial score (nSPS) is 16.8. The molecule has 84 valence electrons. The van der Waals surface area contributed by atoms with Crippen molar-refractivity contribution in [1.29, 1.82) is 0 Å². The zero-order chi connectivity index (χ0) is 11.4. The largest absolute Gasteiger partial charge is 0.240 e. The third kappa shape index (κ3) is 2.37. The van der Waals surface area contributed by atoms with Gasteiger partial charge in [-0.15, -0.1) is 0 Å². The van der Waals surface area contributed by atoms with E-state index in [1.165, 1.54) is 31.4 Å². The lowest BCUT2D eigenvalue weighted by Crippen LogP contribution is -2.06. The summed E-state index contributed by atoms with van der Waals surface area (Å²) in [6.45, 7) is 0. The Balaban J connectivity index is 2.24. The van der Waals surface area contributed by atoms with Crippen molar-refractivity contribution >= 4 is 11.8 Å². The van der Waals surface area contributed by atoms with Crippen molar-refractivity contribution in [3.8, 4) is 0 Å². The van der Waals surface area contributed by atoms with E-state index in [0.717, 1.165) is 18.4 Å². The summed E-state index contributed by atoms with van der Waals surface area (Å²) in [5.41, 5.74) is 1.11. The van der Waals surface area contributed by atoms with Gasteiger partial charge in [-0.05, 0) is 30.4 Å². The van der Waals surface area contributed by atoms with Gasteiger partial charge in [0.15, 0.2) is 0 Å². The predicted molar refractivity (Wildman–Crippen MR) is 60.0 cm³/mol. The molecule has 2 nitrogen and oxygen atoms in total. The highest BCUT2D eigenvalue weighted by Crippen LogP contribution is 2.34. The Morgan fingerprint density at radius 2 is 2.00 bits per heavy atom. The van der Waals surface area contributed by atoms with Crippen molar-refractivity contribution in [2.45, 2.75) is 38.0 Å². The molecule has 1 aromatic carbocycles. The van der Waals surface area contributed by atoms with E-state index in [9.17, 15) is 9.18 Å². The van der Waals surface area contributed by atoms with Crippen molar-refractivity contribution in [2.24, 2.45) is 4.99 Å². The topological polar surface area (TPSA) is 29.4 Å². The molecule has 1 aliphatic carbocycles. The molecule has 0 radical (unpaired) electrons. The summed E-state index contributed by atoms with van der Waals surface area (Å²) < 4.78 is 13.8. The van der Waals surface area contributed by atoms with Crippen LogP contribution in [0, 0.1) is 5.82 Å². The minimum absolute atomic E-state index is 0.247. The van der Waals surface area contributed by atoms with Crippen molar-refractivity contribution in [1.82, 2.24) is 0 Å². The van der Waals surface area contributed by atoms with Gasteiger partial charge in [0.1, 0.15) is 5.82 Å². The Kier molecular flexibility index (Phi) is 3.47. The first kappa shape index (κ1) is 11.0. The van der Waals surface area contributed by atoms with E-state index in [1.54, 1.807) is 12.1 Å². The zero-order valence-corrected chi connectivity index (χ0v) is 9.08. The van der Waals surface area contributed by atoms with Crippen LogP contribution in [-0.4, -0.2) is 6.08 Å². The lowest BCUT2D eigenvalue weighted by molar-refractivity contribution is 0.430. The van der Waals surface area contributed by atoms with E-state index < -0.39 is 0 Å². The maximum absolute atomic E-state index is 13.8. The average molecular weight is 219 g/mol. The Bertz CT molecular complexity index is 418. The van der Waals surface area contributed by atoms with Crippen LogP contribution < -0.4 is 0 Å². The van der Waals surface area contributed by atoms with Gasteiger partial charge in [0.25, 0.3) is 0 Å². The number of nitrogens with zero attached hydrogens (tertiary/aromatic N) is 1. The van der Waals surface area contributed by atoms with E-state index in [4.69, 9.17) is 0 Å². The highest BCUT2D eigenvalue weighted by atomic mass is 19.1. The van der Waals surface area contributed by atoms with E-state index >= 15 is 0 Å². The Labute approximate surface area is 94.2 Å². The fourth-order valence-corrected chi connectivity index (χ4v) is 2.38. The summed E-state index contributed by atoms with van der Waals surface area (Å²) in [4.78, 5) is 13.5. The molecular formula is C13H14FNO. The molecule has 0 aromatic heterocycles. The quantitative estimate of drug-likeness (QED) is 0.549. The van der Waals surface area contributed by atoms with Gasteiger partial charge >= 0.3 is 0 Å². The molecule has 0 heterocycles. The molecule has 0 saturated heterocycles. The molecule has 1 aliphatic rings. The second kappa shape index (κ2) is 5.04. The number of hydrogen-bond donors (Lipinski definition) is 0. The summed E-state index contributed by atoms with van der Waals surface area (Å²) in [6.07, 6.45) is 7.16. The highest BCUT2D eigenvalue weighted by molar-refractivity contribution is 5.49. The molecule has 1 aromatic rings. The standard InChI is InChI=1S/C13H14FNO/c14-13-8-11(15-9-16)6-7-12(13)10-4-2-1-3-5-10/h6-8,10H,1-5H2. The fraction of sp³-hybridized carbons (Fsp3) is 0.462. The first-order chi connectivity index (χ1) is 7.81. The van der Waals surface area contributed by atoms with Gasteiger partial charge in [-0.1, -0.05) is 25.3 Å². The molecule has 2 rings (SSSR count). The van der Waals surface area contributed by atoms with Crippen LogP contribution in [0.15, 0.2) is 23.2 Å². The third-order valence-electron chi connectivity index (χ3n) is 3.20. The van der Waals surface area contributed by atoms with Crippen LogP contribution in [0.5, 0.6) is 0 Å². The highest BCUT2D eigenvalue weighted by Gasteiger charge is 2.18. The number of benzene rings is 1. The summed E-state index contributed by atoms with van der Waals surface area (Å²) >= 11 is 0. The van der Waals surface area contributed by atoms with Gasteiger partial charge in [-0.25, -0.2) is 9.18 Å². The Morgan fingerprint density at radius 3 is 2.62 bits per heavy atom. The Hall–Kier alpha value is -1.47. The van der Waals surface area contributed by atoms with Crippen molar-refractivity contribution in [2.75, 3.05) is 0 Å². The maximum atomic E-state index is 13.8. The van der Waals surface area contributed by atoms with Gasteiger partial charge in [0.05, 0.1) is 5.69 Å². The first-order valence-electron chi connectivity index (χ1n) is 5.68. The van der Waals surface area contributed by atoms with Crippen LogP contribution in [0.25, 0.3) is 0 Å². The number of isocyanates is 1. The monoisotopic (exact) mass is 219 g/mol. The predicted octanol–water partition coefficient (Wildman–Crippen LogP) is 3.84. The number of rotatable bonds is 2. The molecule has 0 unspecified atom stereocenters. The number of halogens is 1. The lowest BCUT2D eigenvalue weighted by atomic mass is 9.84. The zero-order valence-electron chi connectivity index (χ0n) is 9.08. The van der Waals surface area contributed by atoms with Crippen molar-refractivity contribution < 1.29 is 9.18 Å². The Morgan fingerprint density at radius 1 is 1.25 bits per heavy atom. The lowest BCUT2D eigenvalue weighted by Gasteiger charge is -2.22. The van der Waals surface area contributed by atoms with Crippen LogP contribution in [0.1, 0.15) is 43.6 Å². The number of carbonyl (C=O) groups excluding carboxylic acids is 1. The summed E-state index contributed by atoms with van der Waals surface area (Å²) in [5.74, 6) is 0.0893. The summed E-state index contributed by atoms with van der Waals surface area (Å²) in [6, 6.07) is 4.74. The SMILES string of the molecule is O=C=Nc1ccc(C2CCCCC2)c(F)c1. The van der Waals surface area contributed by atoms with Crippen molar-refractivity contribution in [3.63, 3.8) is 0 Å². The van der Waals surface area contributed by atoms with E-state index in [2.05, 4.69) is 4.99 Å². The molecular weight excluding hydrogens is 205 g/mol. The van der Waals surface area contributed by atoms with Crippen LogP contribution in [0.4, 0.5) is 10.1 Å². The van der Waals surface area contributed by atoms with Crippen LogP contribution >= 0.6 is 0 Å². The van der Waals surface area contributed by atoms with Gasteiger partial charge < -0.3 is 0 Å². The molecule has 16 heavy (non-hydrogen) atoms. The second-order valence-corrected chi connectivity index (χ2v) is 4.24. The number of hydrogen-bond acceptors (Lipinski definition) is 2. The molecule has 0 amide bonds. The van der Waals surface area contributed by atoms with Crippen LogP contribution in [-0.2, 0) is 4.79 Å². The fourth-order valence-electron chi connectivity index (χ4n) is 2.38. The summed E-state index contributed by atoms with van der Waals surface area (Å²) in [5, 5.41) is 0. The van der Waals surface area contributed by atoms with Gasteiger partial charge in [0, 0.05) is 6.07 Å². The van der Waals surface area contributed by atoms with E-state index in [-0.39, 0.29) is 5.82 Å². The third-order valence-corrected chi connectivity index (χ3v) is 3.20. The second-order valence-electron chi connectivity index (χ2n) is 4.24.